The van der Waals surface area contributed by atoms with Crippen molar-refractivity contribution in [3.63, 3.8) is 0 Å². The highest BCUT2D eigenvalue weighted by molar-refractivity contribution is 7.10. The molecule has 2 aliphatic rings. The molecular weight excluding hydrogens is 344 g/mol. The summed E-state index contributed by atoms with van der Waals surface area (Å²) in [6, 6.07) is 4.87. The monoisotopic (exact) mass is 378 g/mol. The van der Waals surface area contributed by atoms with Crippen LogP contribution in [0.4, 0.5) is 0 Å². The van der Waals surface area contributed by atoms with Crippen LogP contribution in [0.25, 0.3) is 0 Å². The maximum absolute atomic E-state index is 5.54. The van der Waals surface area contributed by atoms with Crippen molar-refractivity contribution in [2.75, 3.05) is 46.4 Å². The first-order valence-electron chi connectivity index (χ1n) is 10.1. The first-order valence-corrected chi connectivity index (χ1v) is 10.9. The highest BCUT2D eigenvalue weighted by Crippen LogP contribution is 2.48. The van der Waals surface area contributed by atoms with E-state index in [0.717, 1.165) is 38.7 Å². The standard InChI is InChI=1S/C20H34N4OS/c1-3-25-13-10-20(8-9-20)16-23-19(21-2)22-15-17(18-7-6-14-26-18)24-11-4-5-12-24/h6-7,14,17H,3-5,8-13,15-16H2,1-2H3,(H2,21,22,23). The van der Waals surface area contributed by atoms with Crippen LogP contribution in [0.1, 0.15) is 49.9 Å². The molecule has 26 heavy (non-hydrogen) atoms. The van der Waals surface area contributed by atoms with Gasteiger partial charge in [0.15, 0.2) is 5.96 Å². The van der Waals surface area contributed by atoms with E-state index >= 15 is 0 Å². The number of ether oxygens (including phenoxy) is 1. The van der Waals surface area contributed by atoms with E-state index in [4.69, 9.17) is 4.74 Å². The summed E-state index contributed by atoms with van der Waals surface area (Å²) in [5.41, 5.74) is 0.425. The van der Waals surface area contributed by atoms with E-state index in [2.05, 4.69) is 45.0 Å². The number of rotatable bonds is 10. The summed E-state index contributed by atoms with van der Waals surface area (Å²) in [4.78, 5) is 8.50. The number of thiophene rings is 1. The molecule has 1 atom stereocenters. The van der Waals surface area contributed by atoms with Gasteiger partial charge in [0.2, 0.25) is 0 Å². The molecule has 2 fully saturated rings. The SMILES string of the molecule is CCOCCC1(CNC(=NC)NCC(c2cccs2)N2CCCC2)CC1. The summed E-state index contributed by atoms with van der Waals surface area (Å²) >= 11 is 1.86. The quantitative estimate of drug-likeness (QED) is 0.373. The van der Waals surface area contributed by atoms with Gasteiger partial charge in [-0.3, -0.25) is 9.89 Å². The number of nitrogens with one attached hydrogen (secondary N) is 2. The molecule has 1 aliphatic carbocycles. The number of likely N-dealkylation sites (tertiary alicyclic amines) is 1. The van der Waals surface area contributed by atoms with Gasteiger partial charge in [0.05, 0.1) is 6.04 Å². The number of hydrogen-bond acceptors (Lipinski definition) is 4. The summed E-state index contributed by atoms with van der Waals surface area (Å²) in [6.07, 6.45) is 6.39. The lowest BCUT2D eigenvalue weighted by Gasteiger charge is -2.28. The lowest BCUT2D eigenvalue weighted by atomic mass is 10.0. The number of nitrogens with zero attached hydrogens (tertiary/aromatic N) is 2. The van der Waals surface area contributed by atoms with Crippen molar-refractivity contribution in [3.8, 4) is 0 Å². The normalized spacial score (nSPS) is 20.9. The molecule has 0 amide bonds. The van der Waals surface area contributed by atoms with E-state index in [1.807, 2.05) is 18.4 Å². The van der Waals surface area contributed by atoms with Gasteiger partial charge in [-0.15, -0.1) is 11.3 Å². The summed E-state index contributed by atoms with van der Waals surface area (Å²) in [5.74, 6) is 0.924. The molecule has 1 saturated carbocycles. The fourth-order valence-corrected chi connectivity index (χ4v) is 4.61. The third-order valence-electron chi connectivity index (χ3n) is 5.71. The molecule has 0 radical (unpaired) electrons. The first-order chi connectivity index (χ1) is 12.8. The third-order valence-corrected chi connectivity index (χ3v) is 6.68. The Bertz CT molecular complexity index is 550. The van der Waals surface area contributed by atoms with Gasteiger partial charge < -0.3 is 15.4 Å². The fourth-order valence-electron chi connectivity index (χ4n) is 3.75. The molecule has 2 N–H and O–H groups in total. The van der Waals surface area contributed by atoms with E-state index in [1.54, 1.807) is 0 Å². The summed E-state index contributed by atoms with van der Waals surface area (Å²) < 4.78 is 5.54. The molecule has 0 spiro atoms. The van der Waals surface area contributed by atoms with Crippen molar-refractivity contribution in [2.24, 2.45) is 10.4 Å². The van der Waals surface area contributed by atoms with Crippen LogP contribution in [0, 0.1) is 5.41 Å². The molecule has 0 aromatic carbocycles. The van der Waals surface area contributed by atoms with Gasteiger partial charge in [-0.1, -0.05) is 6.07 Å². The van der Waals surface area contributed by atoms with Crippen LogP contribution in [0.3, 0.4) is 0 Å². The molecule has 6 heteroatoms. The van der Waals surface area contributed by atoms with Crippen LogP contribution in [0.2, 0.25) is 0 Å². The van der Waals surface area contributed by atoms with Crippen molar-refractivity contribution in [1.29, 1.82) is 0 Å². The van der Waals surface area contributed by atoms with Gasteiger partial charge in [-0.2, -0.15) is 0 Å². The van der Waals surface area contributed by atoms with Crippen molar-refractivity contribution in [1.82, 2.24) is 15.5 Å². The van der Waals surface area contributed by atoms with Gasteiger partial charge in [-0.05, 0) is 69.0 Å². The Kier molecular flexibility index (Phi) is 7.34. The molecule has 2 heterocycles. The van der Waals surface area contributed by atoms with E-state index in [9.17, 15) is 0 Å². The van der Waals surface area contributed by atoms with Crippen LogP contribution in [0.5, 0.6) is 0 Å². The Hall–Kier alpha value is -1.11. The predicted molar refractivity (Wildman–Crippen MR) is 110 cm³/mol. The van der Waals surface area contributed by atoms with Crippen LogP contribution >= 0.6 is 11.3 Å². The topological polar surface area (TPSA) is 48.9 Å². The number of hydrogen-bond donors (Lipinski definition) is 2. The average Bonchev–Trinajstić information content (AvgIpc) is 3.08. The maximum atomic E-state index is 5.54. The molecule has 5 nitrogen and oxygen atoms in total. The smallest absolute Gasteiger partial charge is 0.191 e. The predicted octanol–water partition coefficient (Wildman–Crippen LogP) is 3.26. The zero-order valence-corrected chi connectivity index (χ0v) is 17.1. The third kappa shape index (κ3) is 5.44. The minimum atomic E-state index is 0.425. The second-order valence-corrected chi connectivity index (χ2v) is 8.51. The van der Waals surface area contributed by atoms with E-state index < -0.39 is 0 Å². The summed E-state index contributed by atoms with van der Waals surface area (Å²) in [7, 11) is 1.87. The Balaban J connectivity index is 1.48. The van der Waals surface area contributed by atoms with E-state index in [1.165, 1.54) is 43.6 Å². The Morgan fingerprint density at radius 2 is 2.15 bits per heavy atom. The van der Waals surface area contributed by atoms with Crippen molar-refractivity contribution in [2.45, 2.75) is 45.1 Å². The second-order valence-electron chi connectivity index (χ2n) is 7.53. The van der Waals surface area contributed by atoms with Crippen LogP contribution < -0.4 is 10.6 Å². The largest absolute Gasteiger partial charge is 0.382 e. The van der Waals surface area contributed by atoms with Crippen LogP contribution in [-0.2, 0) is 4.74 Å². The summed E-state index contributed by atoms with van der Waals surface area (Å²) in [6.45, 7) is 8.06. The zero-order chi connectivity index (χ0) is 18.2. The second kappa shape index (κ2) is 9.72. The highest BCUT2D eigenvalue weighted by atomic mass is 32.1. The molecule has 1 unspecified atom stereocenters. The summed E-state index contributed by atoms with van der Waals surface area (Å²) in [5, 5.41) is 9.31. The van der Waals surface area contributed by atoms with E-state index in [0.29, 0.717) is 11.5 Å². The molecule has 3 rings (SSSR count). The Morgan fingerprint density at radius 3 is 2.77 bits per heavy atom. The molecule has 1 saturated heterocycles. The number of aliphatic imine (C=N–C) groups is 1. The highest BCUT2D eigenvalue weighted by Gasteiger charge is 2.42. The molecule has 1 aromatic rings. The van der Waals surface area contributed by atoms with Gasteiger partial charge >= 0.3 is 0 Å². The molecule has 1 aromatic heterocycles. The molecule has 1 aliphatic heterocycles. The average molecular weight is 379 g/mol. The Labute approximate surface area is 162 Å². The lowest BCUT2D eigenvalue weighted by Crippen LogP contribution is -2.44. The van der Waals surface area contributed by atoms with Crippen molar-refractivity contribution in [3.05, 3.63) is 22.4 Å². The van der Waals surface area contributed by atoms with Gasteiger partial charge in [0.25, 0.3) is 0 Å². The first kappa shape index (κ1) is 19.6. The number of guanidine groups is 1. The zero-order valence-electron chi connectivity index (χ0n) is 16.3. The minimum absolute atomic E-state index is 0.425. The van der Waals surface area contributed by atoms with Crippen LogP contribution in [0.15, 0.2) is 22.5 Å². The van der Waals surface area contributed by atoms with Gasteiger partial charge in [-0.25, -0.2) is 0 Å². The van der Waals surface area contributed by atoms with Crippen molar-refractivity contribution < 1.29 is 4.74 Å². The van der Waals surface area contributed by atoms with E-state index in [-0.39, 0.29) is 0 Å². The lowest BCUT2D eigenvalue weighted by molar-refractivity contribution is 0.128. The molecular formula is C20H34N4OS. The van der Waals surface area contributed by atoms with Crippen LogP contribution in [-0.4, -0.2) is 57.3 Å². The molecule has 0 bridgehead atoms. The van der Waals surface area contributed by atoms with Gasteiger partial charge in [0, 0.05) is 38.2 Å². The van der Waals surface area contributed by atoms with Crippen molar-refractivity contribution >= 4 is 17.3 Å². The maximum Gasteiger partial charge on any atom is 0.191 e. The molecule has 146 valence electrons. The Morgan fingerprint density at radius 1 is 1.35 bits per heavy atom. The van der Waals surface area contributed by atoms with Gasteiger partial charge in [0.1, 0.15) is 0 Å². The minimum Gasteiger partial charge on any atom is -0.382 e. The fraction of sp³-hybridized carbons (Fsp3) is 0.750.